The Bertz CT molecular complexity index is 1030. The molecule has 148 valence electrons. The Balaban J connectivity index is 1.66. The highest BCUT2D eigenvalue weighted by Gasteiger charge is 2.18. The predicted molar refractivity (Wildman–Crippen MR) is 110 cm³/mol. The molecule has 0 saturated carbocycles. The number of rotatable bonds is 7. The molecule has 0 aliphatic rings. The maximum absolute atomic E-state index is 12.7. The number of aromatic nitrogens is 2. The second-order valence-corrected chi connectivity index (χ2v) is 6.60. The minimum atomic E-state index is -0.528. The first-order chi connectivity index (χ1) is 14.0. The molecule has 7 nitrogen and oxygen atoms in total. The summed E-state index contributed by atoms with van der Waals surface area (Å²) in [5, 5.41) is 2.78. The molecule has 1 aromatic carbocycles. The van der Waals surface area contributed by atoms with E-state index in [-0.39, 0.29) is 17.0 Å². The van der Waals surface area contributed by atoms with Crippen molar-refractivity contribution in [3.05, 3.63) is 99.7 Å². The highest BCUT2D eigenvalue weighted by molar-refractivity contribution is 5.99. The van der Waals surface area contributed by atoms with E-state index in [2.05, 4.69) is 15.3 Å². The summed E-state index contributed by atoms with van der Waals surface area (Å²) < 4.78 is 0. The van der Waals surface area contributed by atoms with Gasteiger partial charge in [0.2, 0.25) is 0 Å². The van der Waals surface area contributed by atoms with Crippen molar-refractivity contribution >= 4 is 11.8 Å². The van der Waals surface area contributed by atoms with Gasteiger partial charge in [-0.15, -0.1) is 0 Å². The fourth-order valence-electron chi connectivity index (χ4n) is 2.86. The quantitative estimate of drug-likeness (QED) is 0.645. The average Bonchev–Trinajstić information content (AvgIpc) is 2.75. The fraction of sp³-hybridized carbons (Fsp3) is 0.182. The number of hydrogen-bond acceptors (Lipinski definition) is 4. The summed E-state index contributed by atoms with van der Waals surface area (Å²) in [5.74, 6) is -0.810. The number of pyridine rings is 2. The van der Waals surface area contributed by atoms with Crippen molar-refractivity contribution in [1.29, 1.82) is 0 Å². The molecule has 0 saturated heterocycles. The van der Waals surface area contributed by atoms with Crippen molar-refractivity contribution in [2.45, 2.75) is 13.0 Å². The van der Waals surface area contributed by atoms with E-state index < -0.39 is 11.5 Å². The van der Waals surface area contributed by atoms with E-state index in [4.69, 9.17) is 0 Å². The minimum absolute atomic E-state index is 0.0687. The van der Waals surface area contributed by atoms with Crippen LogP contribution >= 0.6 is 0 Å². The molecule has 7 heteroatoms. The average molecular weight is 390 g/mol. The highest BCUT2D eigenvalue weighted by Crippen LogP contribution is 2.07. The maximum atomic E-state index is 12.7. The summed E-state index contributed by atoms with van der Waals surface area (Å²) in [5.41, 5.74) is 1.44. The summed E-state index contributed by atoms with van der Waals surface area (Å²) in [4.78, 5) is 45.4. The van der Waals surface area contributed by atoms with Gasteiger partial charge in [0.05, 0.1) is 5.56 Å². The third kappa shape index (κ3) is 5.38. The van der Waals surface area contributed by atoms with Crippen LogP contribution in [0.1, 0.15) is 32.0 Å². The topological polar surface area (TPSA) is 95.2 Å². The molecule has 0 fully saturated rings. The number of nitrogens with zero attached hydrogens (tertiary/aromatic N) is 2. The first kappa shape index (κ1) is 20.0. The van der Waals surface area contributed by atoms with Gasteiger partial charge in [0.1, 0.15) is 5.56 Å². The molecule has 2 aromatic heterocycles. The van der Waals surface area contributed by atoms with Crippen LogP contribution in [0.25, 0.3) is 0 Å². The zero-order chi connectivity index (χ0) is 20.6. The molecular formula is C22H22N4O3. The number of H-pyrrole nitrogens is 1. The molecule has 2 N–H and O–H groups in total. The monoisotopic (exact) mass is 390 g/mol. The summed E-state index contributed by atoms with van der Waals surface area (Å²) in [6.07, 6.45) is 3.59. The second kappa shape index (κ2) is 9.45. The normalized spacial score (nSPS) is 10.4. The van der Waals surface area contributed by atoms with Crippen molar-refractivity contribution in [3.63, 3.8) is 0 Å². The van der Waals surface area contributed by atoms with Gasteiger partial charge in [-0.1, -0.05) is 36.4 Å². The molecule has 29 heavy (non-hydrogen) atoms. The van der Waals surface area contributed by atoms with Gasteiger partial charge in [0.25, 0.3) is 17.4 Å². The Hall–Kier alpha value is -3.74. The van der Waals surface area contributed by atoms with Crippen molar-refractivity contribution < 1.29 is 9.59 Å². The Kier molecular flexibility index (Phi) is 6.52. The van der Waals surface area contributed by atoms with Crippen LogP contribution in [0.4, 0.5) is 0 Å². The summed E-state index contributed by atoms with van der Waals surface area (Å²) >= 11 is 0. The van der Waals surface area contributed by atoms with Crippen LogP contribution in [0.5, 0.6) is 0 Å². The second-order valence-electron chi connectivity index (χ2n) is 6.60. The third-order valence-electron chi connectivity index (χ3n) is 4.40. The minimum Gasteiger partial charge on any atom is -0.352 e. The van der Waals surface area contributed by atoms with Crippen LogP contribution in [0.3, 0.4) is 0 Å². The lowest BCUT2D eigenvalue weighted by molar-refractivity contribution is 0.0783. The van der Waals surface area contributed by atoms with Gasteiger partial charge in [0.15, 0.2) is 0 Å². The van der Waals surface area contributed by atoms with Crippen molar-refractivity contribution in [3.8, 4) is 0 Å². The van der Waals surface area contributed by atoms with Crippen molar-refractivity contribution in [1.82, 2.24) is 20.2 Å². The molecule has 2 amide bonds. The summed E-state index contributed by atoms with van der Waals surface area (Å²) in [6, 6.07) is 16.4. The molecule has 0 unspecified atom stereocenters. The molecule has 3 rings (SSSR count). The molecule has 0 aliphatic carbocycles. The van der Waals surface area contributed by atoms with Crippen LogP contribution in [0, 0.1) is 0 Å². The van der Waals surface area contributed by atoms with Crippen LogP contribution < -0.4 is 10.9 Å². The lowest BCUT2D eigenvalue weighted by Crippen LogP contribution is -2.33. The third-order valence-corrected chi connectivity index (χ3v) is 4.40. The predicted octanol–water partition coefficient (Wildman–Crippen LogP) is 2.01. The Morgan fingerprint density at radius 2 is 1.86 bits per heavy atom. The number of carbonyl (C=O) groups excluding carboxylic acids is 2. The number of hydrogen-bond donors (Lipinski definition) is 2. The van der Waals surface area contributed by atoms with Crippen LogP contribution in [0.15, 0.2) is 71.8 Å². The van der Waals surface area contributed by atoms with Crippen molar-refractivity contribution in [2.24, 2.45) is 0 Å². The van der Waals surface area contributed by atoms with Gasteiger partial charge in [-0.3, -0.25) is 19.4 Å². The van der Waals surface area contributed by atoms with E-state index in [0.29, 0.717) is 19.5 Å². The smallest absolute Gasteiger partial charge is 0.260 e. The van der Waals surface area contributed by atoms with E-state index in [1.54, 1.807) is 13.2 Å². The van der Waals surface area contributed by atoms with Crippen molar-refractivity contribution in [2.75, 3.05) is 13.6 Å². The standard InChI is InChI=1S/C22H22N4O3/c1-26(15-16-7-3-2-4-8-16)22(29)19-13-17(14-25-21(19)28)20(27)24-12-10-18-9-5-6-11-23-18/h2-9,11,13-14H,10,12,15H2,1H3,(H,24,27)(H,25,28). The highest BCUT2D eigenvalue weighted by atomic mass is 16.2. The number of carbonyl (C=O) groups is 2. The lowest BCUT2D eigenvalue weighted by atomic mass is 10.1. The Morgan fingerprint density at radius 1 is 1.10 bits per heavy atom. The number of amides is 2. The lowest BCUT2D eigenvalue weighted by Gasteiger charge is -2.17. The summed E-state index contributed by atoms with van der Waals surface area (Å²) in [6.45, 7) is 0.756. The molecule has 0 bridgehead atoms. The zero-order valence-corrected chi connectivity index (χ0v) is 16.1. The van der Waals surface area contributed by atoms with E-state index in [9.17, 15) is 14.4 Å². The van der Waals surface area contributed by atoms with Crippen LogP contribution in [-0.4, -0.2) is 40.3 Å². The zero-order valence-electron chi connectivity index (χ0n) is 16.1. The van der Waals surface area contributed by atoms with Gasteiger partial charge in [-0.25, -0.2) is 0 Å². The molecule has 0 aliphatic heterocycles. The molecule has 2 heterocycles. The largest absolute Gasteiger partial charge is 0.352 e. The SMILES string of the molecule is CN(Cc1ccccc1)C(=O)c1cc(C(=O)NCCc2ccccn2)c[nH]c1=O. The van der Waals surface area contributed by atoms with Crippen LogP contribution in [0.2, 0.25) is 0 Å². The van der Waals surface area contributed by atoms with Gasteiger partial charge in [-0.05, 0) is 23.8 Å². The van der Waals surface area contributed by atoms with E-state index in [1.165, 1.54) is 17.2 Å². The summed E-state index contributed by atoms with van der Waals surface area (Å²) in [7, 11) is 1.62. The number of benzene rings is 1. The molecule has 0 atom stereocenters. The van der Waals surface area contributed by atoms with Gasteiger partial charge >= 0.3 is 0 Å². The molecule has 0 spiro atoms. The first-order valence-electron chi connectivity index (χ1n) is 9.25. The molecule has 0 radical (unpaired) electrons. The molecular weight excluding hydrogens is 368 g/mol. The van der Waals surface area contributed by atoms with E-state index >= 15 is 0 Å². The Labute approximate surface area is 168 Å². The molecule has 3 aromatic rings. The Morgan fingerprint density at radius 3 is 2.59 bits per heavy atom. The maximum Gasteiger partial charge on any atom is 0.260 e. The number of aromatic amines is 1. The number of nitrogens with one attached hydrogen (secondary N) is 2. The van der Waals surface area contributed by atoms with Crippen LogP contribution in [-0.2, 0) is 13.0 Å². The fourth-order valence-corrected chi connectivity index (χ4v) is 2.86. The van der Waals surface area contributed by atoms with E-state index in [1.807, 2.05) is 48.5 Å². The van der Waals surface area contributed by atoms with Gasteiger partial charge < -0.3 is 15.2 Å². The van der Waals surface area contributed by atoms with Gasteiger partial charge in [-0.2, -0.15) is 0 Å². The first-order valence-corrected chi connectivity index (χ1v) is 9.25. The van der Waals surface area contributed by atoms with Gasteiger partial charge in [0, 0.05) is 44.6 Å². The van der Waals surface area contributed by atoms with E-state index in [0.717, 1.165) is 11.3 Å².